The van der Waals surface area contributed by atoms with Crippen LogP contribution in [-0.2, 0) is 7.05 Å². The van der Waals surface area contributed by atoms with Gasteiger partial charge in [0.25, 0.3) is 5.91 Å². The summed E-state index contributed by atoms with van der Waals surface area (Å²) in [5.74, 6) is 0.867. The fraction of sp³-hybridized carbons (Fsp3) is 0.0556. The van der Waals surface area contributed by atoms with Gasteiger partial charge in [-0.3, -0.25) is 14.5 Å². The number of anilines is 1. The summed E-state index contributed by atoms with van der Waals surface area (Å²) in [4.78, 5) is 16.8. The Balaban J connectivity index is 1.60. The number of pyridine rings is 1. The van der Waals surface area contributed by atoms with Gasteiger partial charge in [-0.15, -0.1) is 0 Å². The summed E-state index contributed by atoms with van der Waals surface area (Å²) in [7, 11) is 1.78. The molecule has 0 aromatic carbocycles. The van der Waals surface area contributed by atoms with Crippen molar-refractivity contribution in [3.05, 3.63) is 66.9 Å². The monoisotopic (exact) mass is 334 g/mol. The minimum Gasteiger partial charge on any atom is -0.461 e. The smallest absolute Gasteiger partial charge is 0.291 e. The summed E-state index contributed by atoms with van der Waals surface area (Å²) in [5.41, 5.74) is 1.82. The zero-order valence-electron chi connectivity index (χ0n) is 13.3. The molecule has 4 heterocycles. The molecule has 0 aliphatic heterocycles. The standard InChI is InChI=1S/C18H14N4O3/c1-22-11-13(17(21-22)12-5-2-3-9-19-12)20-18(23)16-8-7-15(25-16)14-6-4-10-24-14/h2-11H,1H3,(H,20,23). The normalized spacial score (nSPS) is 10.8. The zero-order chi connectivity index (χ0) is 17.2. The molecule has 1 amide bonds. The molecular weight excluding hydrogens is 320 g/mol. The Kier molecular flexibility index (Phi) is 3.66. The van der Waals surface area contributed by atoms with E-state index in [1.807, 2.05) is 18.2 Å². The van der Waals surface area contributed by atoms with Crippen LogP contribution in [0.3, 0.4) is 0 Å². The number of hydrogen-bond donors (Lipinski definition) is 1. The molecule has 0 aliphatic rings. The van der Waals surface area contributed by atoms with Gasteiger partial charge in [0.1, 0.15) is 5.69 Å². The van der Waals surface area contributed by atoms with Crippen LogP contribution in [0.25, 0.3) is 22.9 Å². The maximum Gasteiger partial charge on any atom is 0.291 e. The number of aryl methyl sites for hydroxylation is 1. The molecule has 0 radical (unpaired) electrons. The molecule has 0 unspecified atom stereocenters. The second-order valence-corrected chi connectivity index (χ2v) is 5.38. The molecule has 7 nitrogen and oxygen atoms in total. The number of nitrogens with one attached hydrogen (secondary N) is 1. The zero-order valence-corrected chi connectivity index (χ0v) is 13.3. The molecule has 25 heavy (non-hydrogen) atoms. The van der Waals surface area contributed by atoms with Crippen LogP contribution in [0.2, 0.25) is 0 Å². The molecule has 4 aromatic heterocycles. The molecule has 0 aliphatic carbocycles. The molecule has 4 rings (SSSR count). The largest absolute Gasteiger partial charge is 0.461 e. The number of nitrogens with zero attached hydrogens (tertiary/aromatic N) is 3. The maximum absolute atomic E-state index is 12.5. The van der Waals surface area contributed by atoms with E-state index in [2.05, 4.69) is 15.4 Å². The first-order chi connectivity index (χ1) is 12.2. The molecule has 1 N–H and O–H groups in total. The van der Waals surface area contributed by atoms with E-state index in [9.17, 15) is 4.79 Å². The van der Waals surface area contributed by atoms with Gasteiger partial charge in [-0.1, -0.05) is 6.07 Å². The Morgan fingerprint density at radius 2 is 2.04 bits per heavy atom. The van der Waals surface area contributed by atoms with Crippen molar-refractivity contribution in [2.45, 2.75) is 0 Å². The summed E-state index contributed by atoms with van der Waals surface area (Å²) < 4.78 is 12.5. The highest BCUT2D eigenvalue weighted by Crippen LogP contribution is 2.26. The topological polar surface area (TPSA) is 86.1 Å². The Morgan fingerprint density at radius 3 is 2.80 bits per heavy atom. The lowest BCUT2D eigenvalue weighted by Gasteiger charge is -2.03. The van der Waals surface area contributed by atoms with Crippen molar-refractivity contribution in [1.82, 2.24) is 14.8 Å². The van der Waals surface area contributed by atoms with E-state index >= 15 is 0 Å². The van der Waals surface area contributed by atoms with Gasteiger partial charge in [-0.2, -0.15) is 5.10 Å². The van der Waals surface area contributed by atoms with Crippen molar-refractivity contribution in [2.24, 2.45) is 7.05 Å². The van der Waals surface area contributed by atoms with Crippen molar-refractivity contribution in [2.75, 3.05) is 5.32 Å². The number of carbonyl (C=O) groups is 1. The lowest BCUT2D eigenvalue weighted by molar-refractivity contribution is 0.0997. The van der Waals surface area contributed by atoms with E-state index < -0.39 is 0 Å². The highest BCUT2D eigenvalue weighted by atomic mass is 16.4. The third-order valence-corrected chi connectivity index (χ3v) is 3.58. The van der Waals surface area contributed by atoms with E-state index in [1.165, 1.54) is 0 Å². The fourth-order valence-corrected chi connectivity index (χ4v) is 2.47. The number of furan rings is 2. The van der Waals surface area contributed by atoms with Gasteiger partial charge in [0.05, 0.1) is 17.6 Å². The molecule has 7 heteroatoms. The van der Waals surface area contributed by atoms with Gasteiger partial charge >= 0.3 is 0 Å². The fourth-order valence-electron chi connectivity index (χ4n) is 2.47. The van der Waals surface area contributed by atoms with E-state index in [0.29, 0.717) is 28.6 Å². The number of hydrogen-bond acceptors (Lipinski definition) is 5. The Labute approximate surface area is 142 Å². The van der Waals surface area contributed by atoms with Gasteiger partial charge < -0.3 is 14.2 Å². The Morgan fingerprint density at radius 1 is 1.12 bits per heavy atom. The molecule has 0 saturated heterocycles. The predicted octanol–water partition coefficient (Wildman–Crippen LogP) is 3.59. The molecule has 0 saturated carbocycles. The maximum atomic E-state index is 12.5. The lowest BCUT2D eigenvalue weighted by atomic mass is 10.2. The third kappa shape index (κ3) is 2.94. The lowest BCUT2D eigenvalue weighted by Crippen LogP contribution is -2.11. The van der Waals surface area contributed by atoms with Gasteiger partial charge in [-0.05, 0) is 36.4 Å². The van der Waals surface area contributed by atoms with E-state index in [0.717, 1.165) is 0 Å². The molecule has 0 atom stereocenters. The first kappa shape index (κ1) is 14.9. The second-order valence-electron chi connectivity index (χ2n) is 5.38. The van der Waals surface area contributed by atoms with Crippen LogP contribution in [0.15, 0.2) is 70.0 Å². The van der Waals surface area contributed by atoms with E-state index in [-0.39, 0.29) is 11.7 Å². The molecule has 0 spiro atoms. The third-order valence-electron chi connectivity index (χ3n) is 3.58. The molecule has 124 valence electrons. The second kappa shape index (κ2) is 6.12. The van der Waals surface area contributed by atoms with Gasteiger partial charge in [-0.25, -0.2) is 0 Å². The number of aromatic nitrogens is 3. The predicted molar refractivity (Wildman–Crippen MR) is 90.8 cm³/mol. The van der Waals surface area contributed by atoms with Crippen molar-refractivity contribution in [3.8, 4) is 22.9 Å². The minimum absolute atomic E-state index is 0.183. The van der Waals surface area contributed by atoms with Gasteiger partial charge in [0, 0.05) is 19.4 Å². The Bertz CT molecular complexity index is 1000. The first-order valence-corrected chi connectivity index (χ1v) is 7.61. The van der Waals surface area contributed by atoms with Gasteiger partial charge in [0.15, 0.2) is 17.3 Å². The van der Waals surface area contributed by atoms with E-state index in [4.69, 9.17) is 8.83 Å². The van der Waals surface area contributed by atoms with Crippen LogP contribution in [0, 0.1) is 0 Å². The van der Waals surface area contributed by atoms with Crippen LogP contribution in [-0.4, -0.2) is 20.7 Å². The summed E-state index contributed by atoms with van der Waals surface area (Å²) in [6.07, 6.45) is 4.95. The van der Waals surface area contributed by atoms with Crippen molar-refractivity contribution in [3.63, 3.8) is 0 Å². The summed E-state index contributed by atoms with van der Waals surface area (Å²) >= 11 is 0. The quantitative estimate of drug-likeness (QED) is 0.616. The number of rotatable bonds is 4. The average molecular weight is 334 g/mol. The SMILES string of the molecule is Cn1cc(NC(=O)c2ccc(-c3ccco3)o2)c(-c2ccccn2)n1. The van der Waals surface area contributed by atoms with Crippen LogP contribution >= 0.6 is 0 Å². The first-order valence-electron chi connectivity index (χ1n) is 7.61. The average Bonchev–Trinajstić information content (AvgIpc) is 3.36. The Hall–Kier alpha value is -3.61. The van der Waals surface area contributed by atoms with E-state index in [1.54, 1.807) is 54.7 Å². The minimum atomic E-state index is -0.372. The molecule has 4 aromatic rings. The molecular formula is C18H14N4O3. The highest BCUT2D eigenvalue weighted by molar-refractivity contribution is 6.04. The van der Waals surface area contributed by atoms with Crippen LogP contribution in [0.4, 0.5) is 5.69 Å². The van der Waals surface area contributed by atoms with Crippen LogP contribution in [0.5, 0.6) is 0 Å². The van der Waals surface area contributed by atoms with Crippen LogP contribution in [0.1, 0.15) is 10.6 Å². The van der Waals surface area contributed by atoms with Crippen molar-refractivity contribution < 1.29 is 13.6 Å². The van der Waals surface area contributed by atoms with Gasteiger partial charge in [0.2, 0.25) is 0 Å². The van der Waals surface area contributed by atoms with Crippen molar-refractivity contribution in [1.29, 1.82) is 0 Å². The van der Waals surface area contributed by atoms with Crippen LogP contribution < -0.4 is 5.32 Å². The summed E-state index contributed by atoms with van der Waals surface area (Å²) in [5, 5.41) is 7.19. The number of carbonyl (C=O) groups excluding carboxylic acids is 1. The number of amides is 1. The van der Waals surface area contributed by atoms with Crippen molar-refractivity contribution >= 4 is 11.6 Å². The highest BCUT2D eigenvalue weighted by Gasteiger charge is 2.18. The summed E-state index contributed by atoms with van der Waals surface area (Å²) in [6, 6.07) is 12.3. The molecule has 0 fully saturated rings. The summed E-state index contributed by atoms with van der Waals surface area (Å²) in [6.45, 7) is 0. The molecule has 0 bridgehead atoms.